The van der Waals surface area contributed by atoms with Gasteiger partial charge >= 0.3 is 0 Å². The number of amidine groups is 1. The van der Waals surface area contributed by atoms with Gasteiger partial charge in [-0.15, -0.1) is 0 Å². The second-order valence-corrected chi connectivity index (χ2v) is 6.04. The van der Waals surface area contributed by atoms with Crippen LogP contribution in [0, 0.1) is 0 Å². The van der Waals surface area contributed by atoms with Crippen molar-refractivity contribution in [2.45, 2.75) is 53.5 Å². The lowest BCUT2D eigenvalue weighted by Gasteiger charge is -2.19. The lowest BCUT2D eigenvalue weighted by molar-refractivity contribution is -0.117. The normalized spacial score (nSPS) is 13.5. The fourth-order valence-corrected chi connectivity index (χ4v) is 2.06. The van der Waals surface area contributed by atoms with Gasteiger partial charge in [0.25, 0.3) is 5.91 Å². The van der Waals surface area contributed by atoms with Crippen LogP contribution in [0.2, 0.25) is 0 Å². The molecule has 0 aliphatic rings. The van der Waals surface area contributed by atoms with Crippen molar-refractivity contribution < 1.29 is 4.79 Å². The van der Waals surface area contributed by atoms with Crippen molar-refractivity contribution >= 4 is 11.7 Å². The third-order valence-electron chi connectivity index (χ3n) is 3.69. The van der Waals surface area contributed by atoms with Crippen LogP contribution in [-0.4, -0.2) is 17.8 Å². The summed E-state index contributed by atoms with van der Waals surface area (Å²) < 4.78 is 0. The van der Waals surface area contributed by atoms with Crippen LogP contribution in [0.15, 0.2) is 77.6 Å². The van der Waals surface area contributed by atoms with Gasteiger partial charge in [0.1, 0.15) is 5.84 Å². The number of hydrogen-bond acceptors (Lipinski definition) is 2. The lowest BCUT2D eigenvalue weighted by Crippen LogP contribution is -2.36. The topological polar surface area (TPSA) is 53.5 Å². The quantitative estimate of drug-likeness (QED) is 0.191. The molecule has 0 bridgehead atoms. The molecule has 0 fully saturated rings. The second-order valence-electron chi connectivity index (χ2n) is 6.04. The maximum absolute atomic E-state index is 12.6. The van der Waals surface area contributed by atoms with E-state index in [1.54, 1.807) is 30.5 Å². The Morgan fingerprint density at radius 1 is 1.19 bits per heavy atom. The molecule has 0 aromatic carbocycles. The van der Waals surface area contributed by atoms with Gasteiger partial charge in [-0.1, -0.05) is 50.8 Å². The largest absolute Gasteiger partial charge is 0.346 e. The van der Waals surface area contributed by atoms with Crippen LogP contribution < -0.4 is 10.6 Å². The van der Waals surface area contributed by atoms with Gasteiger partial charge in [0.15, 0.2) is 0 Å². The maximum atomic E-state index is 12.6. The third-order valence-corrected chi connectivity index (χ3v) is 3.69. The van der Waals surface area contributed by atoms with Crippen LogP contribution >= 0.6 is 0 Å². The molecule has 142 valence electrons. The Balaban J connectivity index is 5.39. The minimum absolute atomic E-state index is 0.0287. The van der Waals surface area contributed by atoms with Gasteiger partial charge < -0.3 is 10.6 Å². The van der Waals surface area contributed by atoms with Crippen molar-refractivity contribution in [3.8, 4) is 0 Å². The fraction of sp³-hybridized carbons (Fsp3) is 0.364. The number of carbonyl (C=O) groups is 1. The lowest BCUT2D eigenvalue weighted by atomic mass is 10.0. The number of carbonyl (C=O) groups excluding carboxylic acids is 1. The summed E-state index contributed by atoms with van der Waals surface area (Å²) >= 11 is 0. The molecule has 4 nitrogen and oxygen atoms in total. The van der Waals surface area contributed by atoms with Crippen molar-refractivity contribution in [3.63, 3.8) is 0 Å². The summed E-state index contributed by atoms with van der Waals surface area (Å²) in [5, 5.41) is 6.15. The predicted molar refractivity (Wildman–Crippen MR) is 114 cm³/mol. The van der Waals surface area contributed by atoms with Crippen LogP contribution in [0.1, 0.15) is 47.5 Å². The first kappa shape index (κ1) is 23.4. The molecular formula is C22H33N3O. The first-order valence-corrected chi connectivity index (χ1v) is 8.92. The van der Waals surface area contributed by atoms with E-state index in [9.17, 15) is 4.79 Å². The standard InChI is InChI=1S/C22H33N3O/c1-9-17(8)20(12-4)25-22(26)18(10-2)14-19(11-3)24-21(13-5)23-15-16(6)7/h10-11,13-15,20H,3,5,8-9,12H2,1-2,4,6-7H3,(H,23,24)(H,25,26)/b18-10+,19-14+. The van der Waals surface area contributed by atoms with Gasteiger partial charge in [-0.2, -0.15) is 0 Å². The molecule has 0 aromatic heterocycles. The van der Waals surface area contributed by atoms with E-state index in [2.05, 4.69) is 35.4 Å². The van der Waals surface area contributed by atoms with Crippen molar-refractivity contribution in [1.82, 2.24) is 10.6 Å². The van der Waals surface area contributed by atoms with E-state index in [1.165, 1.54) is 0 Å². The Labute approximate surface area is 158 Å². The van der Waals surface area contributed by atoms with Crippen molar-refractivity contribution in [2.24, 2.45) is 4.99 Å². The molecule has 1 amide bonds. The van der Waals surface area contributed by atoms with E-state index in [0.717, 1.165) is 24.0 Å². The van der Waals surface area contributed by atoms with E-state index >= 15 is 0 Å². The zero-order valence-corrected chi connectivity index (χ0v) is 16.9. The third kappa shape index (κ3) is 8.47. The highest BCUT2D eigenvalue weighted by Gasteiger charge is 2.14. The summed E-state index contributed by atoms with van der Waals surface area (Å²) in [6, 6.07) is -0.0287. The molecule has 2 N–H and O–H groups in total. The van der Waals surface area contributed by atoms with Crippen molar-refractivity contribution in [3.05, 3.63) is 72.7 Å². The highest BCUT2D eigenvalue weighted by Crippen LogP contribution is 2.10. The number of nitrogens with one attached hydrogen (secondary N) is 2. The SMILES string of the molecule is C=CC(=NC=C(C)C)N/C(C=C)=C/C(=C\C)C(=O)NC(CC)C(=C)CC. The number of allylic oxidation sites excluding steroid dienone is 3. The molecule has 0 aliphatic carbocycles. The van der Waals surface area contributed by atoms with E-state index in [0.29, 0.717) is 17.1 Å². The van der Waals surface area contributed by atoms with Gasteiger partial charge in [0.2, 0.25) is 0 Å². The Kier molecular flexibility index (Phi) is 11.4. The molecule has 0 rings (SSSR count). The molecule has 0 saturated carbocycles. The van der Waals surface area contributed by atoms with E-state index in [-0.39, 0.29) is 11.9 Å². The highest BCUT2D eigenvalue weighted by atomic mass is 16.1. The van der Waals surface area contributed by atoms with E-state index in [4.69, 9.17) is 0 Å². The van der Waals surface area contributed by atoms with E-state index in [1.807, 2.05) is 34.6 Å². The smallest absolute Gasteiger partial charge is 0.251 e. The Hall–Kier alpha value is -2.62. The molecule has 0 aliphatic heterocycles. The maximum Gasteiger partial charge on any atom is 0.251 e. The fourth-order valence-electron chi connectivity index (χ4n) is 2.06. The molecule has 0 heterocycles. The summed E-state index contributed by atoms with van der Waals surface area (Å²) in [6.45, 7) is 21.4. The summed E-state index contributed by atoms with van der Waals surface area (Å²) in [4.78, 5) is 16.9. The van der Waals surface area contributed by atoms with E-state index < -0.39 is 0 Å². The van der Waals surface area contributed by atoms with Gasteiger partial charge in [-0.25, -0.2) is 4.99 Å². The molecule has 4 heteroatoms. The summed E-state index contributed by atoms with van der Waals surface area (Å²) in [7, 11) is 0. The summed E-state index contributed by atoms with van der Waals surface area (Å²) in [5.74, 6) is 0.440. The zero-order chi connectivity index (χ0) is 20.1. The van der Waals surface area contributed by atoms with Gasteiger partial charge in [-0.05, 0) is 51.8 Å². The number of hydrogen-bond donors (Lipinski definition) is 2. The monoisotopic (exact) mass is 355 g/mol. The Morgan fingerprint density at radius 2 is 1.85 bits per heavy atom. The average Bonchev–Trinajstić information content (AvgIpc) is 2.64. The number of nitrogens with zero attached hydrogens (tertiary/aromatic N) is 1. The first-order chi connectivity index (χ1) is 12.3. The van der Waals surface area contributed by atoms with Gasteiger partial charge in [0.05, 0.1) is 0 Å². The van der Waals surface area contributed by atoms with Crippen LogP contribution in [0.5, 0.6) is 0 Å². The summed E-state index contributed by atoms with van der Waals surface area (Å²) in [5.41, 5.74) is 3.30. The average molecular weight is 356 g/mol. The number of amides is 1. The van der Waals surface area contributed by atoms with Gasteiger partial charge in [0, 0.05) is 23.5 Å². The molecule has 26 heavy (non-hydrogen) atoms. The van der Waals surface area contributed by atoms with Crippen molar-refractivity contribution in [2.75, 3.05) is 0 Å². The minimum Gasteiger partial charge on any atom is -0.346 e. The minimum atomic E-state index is -0.142. The molecule has 0 saturated heterocycles. The first-order valence-electron chi connectivity index (χ1n) is 8.92. The second kappa shape index (κ2) is 12.7. The molecule has 1 atom stereocenters. The van der Waals surface area contributed by atoms with Crippen LogP contribution in [0.4, 0.5) is 0 Å². The van der Waals surface area contributed by atoms with Gasteiger partial charge in [-0.3, -0.25) is 4.79 Å². The molecule has 0 spiro atoms. The summed E-state index contributed by atoms with van der Waals surface area (Å²) in [6.07, 6.45) is 10.2. The Morgan fingerprint density at radius 3 is 2.27 bits per heavy atom. The number of aliphatic imine (C=N–C) groups is 1. The predicted octanol–water partition coefficient (Wildman–Crippen LogP) is 4.96. The molecule has 0 aromatic rings. The molecule has 1 unspecified atom stereocenters. The molecular weight excluding hydrogens is 322 g/mol. The Bertz CT molecular complexity index is 644. The van der Waals surface area contributed by atoms with Crippen molar-refractivity contribution in [1.29, 1.82) is 0 Å². The van der Waals surface area contributed by atoms with Crippen LogP contribution in [-0.2, 0) is 4.79 Å². The highest BCUT2D eigenvalue weighted by molar-refractivity contribution is 5.98. The number of rotatable bonds is 10. The zero-order valence-electron chi connectivity index (χ0n) is 16.9. The molecule has 0 radical (unpaired) electrons. The van der Waals surface area contributed by atoms with Crippen LogP contribution in [0.3, 0.4) is 0 Å². The van der Waals surface area contributed by atoms with Crippen LogP contribution in [0.25, 0.3) is 0 Å².